The van der Waals surface area contributed by atoms with Crippen molar-refractivity contribution in [3.8, 4) is 16.8 Å². The summed E-state index contributed by atoms with van der Waals surface area (Å²) in [6, 6.07) is 19.9. The zero-order valence-corrected chi connectivity index (χ0v) is 36.1. The van der Waals surface area contributed by atoms with Crippen molar-refractivity contribution in [1.82, 2.24) is 30.3 Å². The monoisotopic (exact) mass is 843 g/mol. The average Bonchev–Trinajstić information content (AvgIpc) is 3.73. The number of amides is 1. The van der Waals surface area contributed by atoms with E-state index in [4.69, 9.17) is 31.3 Å². The third-order valence-corrected chi connectivity index (χ3v) is 14.2. The third-order valence-electron chi connectivity index (χ3n) is 12.7. The van der Waals surface area contributed by atoms with Gasteiger partial charge in [-0.05, 0) is 127 Å². The first-order valence-electron chi connectivity index (χ1n) is 21.2. The molecule has 2 aliphatic carbocycles. The maximum absolute atomic E-state index is 13.0. The van der Waals surface area contributed by atoms with Crippen molar-refractivity contribution in [3.63, 3.8) is 0 Å². The highest BCUT2D eigenvalue weighted by molar-refractivity contribution is 7.15. The molecule has 310 valence electrons. The lowest BCUT2D eigenvalue weighted by Crippen LogP contribution is -2.42. The molecule has 4 aliphatic rings. The number of halogens is 1. The summed E-state index contributed by atoms with van der Waals surface area (Å²) in [4.78, 5) is 21.8. The van der Waals surface area contributed by atoms with Crippen LogP contribution < -0.4 is 15.0 Å². The molecule has 0 spiro atoms. The summed E-state index contributed by atoms with van der Waals surface area (Å²) < 4.78 is 14.9. The predicted octanol–water partition coefficient (Wildman–Crippen LogP) is 8.61. The zero-order chi connectivity index (χ0) is 41.5. The van der Waals surface area contributed by atoms with Crippen LogP contribution in [-0.2, 0) is 11.2 Å². The number of nitrogens with one attached hydrogen (secondary N) is 1. The highest BCUT2D eigenvalue weighted by Crippen LogP contribution is 2.39. The number of hydrogen-bond donors (Lipinski definition) is 1. The number of thiophene rings is 1. The van der Waals surface area contributed by atoms with E-state index in [1.807, 2.05) is 13.0 Å². The molecule has 1 saturated heterocycles. The summed E-state index contributed by atoms with van der Waals surface area (Å²) in [5.74, 6) is 3.66. The van der Waals surface area contributed by atoms with Crippen LogP contribution in [0.4, 0.5) is 5.82 Å². The van der Waals surface area contributed by atoms with Gasteiger partial charge in [0, 0.05) is 41.2 Å². The summed E-state index contributed by atoms with van der Waals surface area (Å²) in [5.41, 5.74) is 6.76. The Morgan fingerprint density at radius 2 is 1.68 bits per heavy atom. The Bertz CT molecular complexity index is 2440. The molecule has 1 amide bonds. The quantitative estimate of drug-likeness (QED) is 0.146. The van der Waals surface area contributed by atoms with Crippen LogP contribution in [0.5, 0.6) is 5.75 Å². The largest absolute Gasteiger partial charge is 0.490 e. The molecule has 14 heteroatoms. The Morgan fingerprint density at radius 1 is 0.917 bits per heavy atom. The molecule has 0 radical (unpaired) electrons. The number of aromatic nitrogens is 5. The van der Waals surface area contributed by atoms with Crippen LogP contribution in [0.25, 0.3) is 5.00 Å². The van der Waals surface area contributed by atoms with E-state index in [0.717, 1.165) is 105 Å². The molecule has 1 atom stereocenters. The highest BCUT2D eigenvalue weighted by Gasteiger charge is 2.34. The van der Waals surface area contributed by atoms with Gasteiger partial charge >= 0.3 is 0 Å². The Hall–Kier alpha value is -5.16. The van der Waals surface area contributed by atoms with Gasteiger partial charge in [0.1, 0.15) is 28.7 Å². The fourth-order valence-electron chi connectivity index (χ4n) is 9.11. The van der Waals surface area contributed by atoms with Gasteiger partial charge in [-0.25, -0.2) is 0 Å². The molecular formula is C46H50ClN9O3S. The smallest absolute Gasteiger partial charge is 0.272 e. The summed E-state index contributed by atoms with van der Waals surface area (Å²) in [5, 5.41) is 31.4. The summed E-state index contributed by atoms with van der Waals surface area (Å²) in [7, 11) is 0. The molecule has 9 rings (SSSR count). The molecule has 12 nitrogen and oxygen atoms in total. The van der Waals surface area contributed by atoms with E-state index in [-0.39, 0.29) is 30.2 Å². The van der Waals surface area contributed by atoms with Crippen molar-refractivity contribution in [3.05, 3.63) is 110 Å². The first-order chi connectivity index (χ1) is 29.1. The Morgan fingerprint density at radius 3 is 2.38 bits per heavy atom. The summed E-state index contributed by atoms with van der Waals surface area (Å²) in [6.07, 6.45) is 8.98. The number of benzene rings is 2. The first-order valence-corrected chi connectivity index (χ1v) is 22.4. The van der Waals surface area contributed by atoms with Crippen molar-refractivity contribution in [2.24, 2.45) is 10.9 Å². The fraction of sp³-hybridized carbons (Fsp3) is 0.457. The topological polar surface area (TPSA) is 143 Å². The Kier molecular flexibility index (Phi) is 11.5. The fourth-order valence-corrected chi connectivity index (χ4v) is 10.5. The molecular weight excluding hydrogens is 794 g/mol. The van der Waals surface area contributed by atoms with Gasteiger partial charge in [-0.1, -0.05) is 35.9 Å². The van der Waals surface area contributed by atoms with E-state index < -0.39 is 0 Å². The molecule has 0 unspecified atom stereocenters. The maximum Gasteiger partial charge on any atom is 0.272 e. The van der Waals surface area contributed by atoms with Crippen molar-refractivity contribution in [1.29, 1.82) is 5.26 Å². The van der Waals surface area contributed by atoms with Gasteiger partial charge in [-0.2, -0.15) is 5.26 Å². The van der Waals surface area contributed by atoms with Gasteiger partial charge in [0.15, 0.2) is 17.3 Å². The number of aryl methyl sites for hydroxylation is 2. The lowest BCUT2D eigenvalue weighted by Gasteiger charge is -2.40. The van der Waals surface area contributed by atoms with Gasteiger partial charge < -0.3 is 19.7 Å². The highest BCUT2D eigenvalue weighted by atomic mass is 35.5. The molecule has 2 aromatic carbocycles. The molecule has 5 heterocycles. The second kappa shape index (κ2) is 17.1. The van der Waals surface area contributed by atoms with Crippen molar-refractivity contribution in [2.75, 3.05) is 18.0 Å². The number of fused-ring (bicyclic) bond motifs is 3. The normalized spacial score (nSPS) is 22.8. The van der Waals surface area contributed by atoms with Crippen molar-refractivity contribution < 1.29 is 14.3 Å². The lowest BCUT2D eigenvalue weighted by molar-refractivity contribution is -0.0824. The average molecular weight is 844 g/mol. The summed E-state index contributed by atoms with van der Waals surface area (Å²) in [6.45, 7) is 10.2. The van der Waals surface area contributed by atoms with Crippen LogP contribution in [0.1, 0.15) is 119 Å². The van der Waals surface area contributed by atoms with E-state index in [1.165, 1.54) is 21.6 Å². The van der Waals surface area contributed by atoms with Crippen molar-refractivity contribution in [2.45, 2.75) is 116 Å². The molecule has 3 fully saturated rings. The molecule has 2 saturated carbocycles. The van der Waals surface area contributed by atoms with Gasteiger partial charge in [0.25, 0.3) is 5.91 Å². The number of aliphatic imine (C=N–C) groups is 1. The van der Waals surface area contributed by atoms with E-state index in [1.54, 1.807) is 35.6 Å². The molecule has 3 aromatic heterocycles. The van der Waals surface area contributed by atoms with Gasteiger partial charge in [0.05, 0.1) is 34.6 Å². The van der Waals surface area contributed by atoms with E-state index in [2.05, 4.69) is 86.3 Å². The number of ether oxygens (including phenoxy) is 2. The molecule has 60 heavy (non-hydrogen) atoms. The number of piperidine rings is 1. The standard InChI is InChI=1S/C46H50ClN9O3S/c1-26-28(3)60-46-42(26)43(49-27(2)44-54-51-29(4)56(44)46)32-7-5-30(6-8-32)21-31-22-38(23-31)59-36-17-19-55(20-18-36)41-16-15-40(52-53-41)45(57)50-34-10-13-35(14-11-34)58-37-12-9-33(25-48)39(47)24-37/h5-9,12,15-16,24,27,31,34-36,38H,10-11,13-14,17-23H2,1-4H3,(H,50,57)/t27-,31?,34?,35?,38?/m0/s1. The zero-order valence-electron chi connectivity index (χ0n) is 34.5. The number of carbonyl (C=O) groups excluding carboxylic acids is 1. The SMILES string of the molecule is Cc1sc2c(c1C)C(c1ccc(CC3CC(OC4CCN(c5ccc(C(=O)NC6CCC(Oc7ccc(C#N)c(Cl)c7)CC6)nn5)CC4)C3)cc1)=N[C@@H](C)c1nnc(C)n1-2. The number of hydrogen-bond acceptors (Lipinski definition) is 11. The molecule has 0 bridgehead atoms. The minimum atomic E-state index is -0.204. The number of anilines is 1. The number of nitrogens with zero attached hydrogens (tertiary/aromatic N) is 8. The minimum Gasteiger partial charge on any atom is -0.490 e. The van der Waals surface area contributed by atoms with E-state index >= 15 is 0 Å². The molecule has 5 aromatic rings. The van der Waals surface area contributed by atoms with Crippen LogP contribution in [0.3, 0.4) is 0 Å². The Balaban J connectivity index is 0.700. The molecule has 2 aliphatic heterocycles. The van der Waals surface area contributed by atoms with Gasteiger partial charge in [-0.3, -0.25) is 14.4 Å². The third kappa shape index (κ3) is 8.29. The molecule has 1 N–H and O–H groups in total. The van der Waals surface area contributed by atoms with Crippen LogP contribution in [0.2, 0.25) is 5.02 Å². The number of nitriles is 1. The first kappa shape index (κ1) is 40.3. The van der Waals surface area contributed by atoms with Gasteiger partial charge in [0.2, 0.25) is 0 Å². The van der Waals surface area contributed by atoms with Crippen molar-refractivity contribution >= 4 is 40.4 Å². The summed E-state index contributed by atoms with van der Waals surface area (Å²) >= 11 is 7.95. The Labute approximate surface area is 360 Å². The second-order valence-corrected chi connectivity index (χ2v) is 18.4. The second-order valence-electron chi connectivity index (χ2n) is 16.8. The number of carbonyl (C=O) groups is 1. The minimum absolute atomic E-state index is 0.0372. The number of rotatable bonds is 10. The van der Waals surface area contributed by atoms with Crippen LogP contribution in [0, 0.1) is 38.0 Å². The maximum atomic E-state index is 13.0. The van der Waals surface area contributed by atoms with Crippen LogP contribution in [-0.4, -0.2) is 74.0 Å². The van der Waals surface area contributed by atoms with Crippen LogP contribution in [0.15, 0.2) is 59.6 Å². The van der Waals surface area contributed by atoms with Gasteiger partial charge in [-0.15, -0.1) is 31.7 Å². The van der Waals surface area contributed by atoms with E-state index in [0.29, 0.717) is 34.1 Å². The lowest BCUT2D eigenvalue weighted by atomic mass is 9.78. The van der Waals surface area contributed by atoms with E-state index in [9.17, 15) is 4.79 Å². The van der Waals surface area contributed by atoms with Crippen LogP contribution >= 0.6 is 22.9 Å². The predicted molar refractivity (Wildman–Crippen MR) is 233 cm³/mol.